The highest BCUT2D eigenvalue weighted by atomic mass is 16.4. The zero-order valence-electron chi connectivity index (χ0n) is 17.5. The van der Waals surface area contributed by atoms with Crippen LogP contribution in [0.3, 0.4) is 0 Å². The first kappa shape index (κ1) is 25.0. The molecule has 0 aromatic heterocycles. The number of primary amides is 1. The number of carboxylic acids is 2. The molecule has 32 heavy (non-hydrogen) atoms. The van der Waals surface area contributed by atoms with Crippen molar-refractivity contribution in [3.63, 3.8) is 0 Å². The van der Waals surface area contributed by atoms with E-state index in [1.807, 2.05) is 0 Å². The molecule has 13 heteroatoms. The van der Waals surface area contributed by atoms with Crippen LogP contribution in [0.5, 0.6) is 0 Å². The number of hydrogen-bond donors (Lipinski definition) is 6. The summed E-state index contributed by atoms with van der Waals surface area (Å²) in [5, 5.41) is 25.6. The number of hydrogen-bond acceptors (Lipinski definition) is 7. The summed E-state index contributed by atoms with van der Waals surface area (Å²) in [5.74, 6) is -5.48. The Morgan fingerprint density at radius 2 is 1.75 bits per heavy atom. The molecule has 7 N–H and O–H groups in total. The minimum Gasteiger partial charge on any atom is -0.481 e. The van der Waals surface area contributed by atoms with Crippen LogP contribution in [0.2, 0.25) is 0 Å². The summed E-state index contributed by atoms with van der Waals surface area (Å²) in [6, 6.07) is -4.20. The second-order valence-electron chi connectivity index (χ2n) is 7.90. The highest BCUT2D eigenvalue weighted by Crippen LogP contribution is 2.21. The van der Waals surface area contributed by atoms with Gasteiger partial charge in [-0.05, 0) is 38.6 Å². The maximum Gasteiger partial charge on any atom is 0.326 e. The molecular formula is C19H29N5O8. The fraction of sp³-hybridized carbons (Fsp3) is 0.684. The molecule has 0 bridgehead atoms. The Morgan fingerprint density at radius 1 is 1.03 bits per heavy atom. The highest BCUT2D eigenvalue weighted by molar-refractivity contribution is 5.95. The number of aliphatic carboxylic acids is 2. The maximum atomic E-state index is 12.9. The molecule has 2 fully saturated rings. The zero-order valence-corrected chi connectivity index (χ0v) is 17.5. The molecule has 0 aliphatic carbocycles. The van der Waals surface area contributed by atoms with Gasteiger partial charge in [0.2, 0.25) is 23.6 Å². The topological polar surface area (TPSA) is 208 Å². The van der Waals surface area contributed by atoms with Gasteiger partial charge in [-0.25, -0.2) is 4.79 Å². The van der Waals surface area contributed by atoms with Crippen LogP contribution in [-0.4, -0.2) is 87.9 Å². The van der Waals surface area contributed by atoms with Crippen LogP contribution < -0.4 is 21.7 Å². The predicted molar refractivity (Wildman–Crippen MR) is 108 cm³/mol. The molecule has 4 atom stereocenters. The molecule has 178 valence electrons. The Morgan fingerprint density at radius 3 is 2.31 bits per heavy atom. The Kier molecular flexibility index (Phi) is 8.93. The molecule has 4 unspecified atom stereocenters. The Bertz CT molecular complexity index is 767. The third kappa shape index (κ3) is 6.90. The van der Waals surface area contributed by atoms with Gasteiger partial charge in [-0.1, -0.05) is 0 Å². The Hall–Kier alpha value is -3.22. The monoisotopic (exact) mass is 455 g/mol. The first-order valence-corrected chi connectivity index (χ1v) is 10.5. The summed E-state index contributed by atoms with van der Waals surface area (Å²) in [7, 11) is 0. The summed E-state index contributed by atoms with van der Waals surface area (Å²) in [6.45, 7) is 1.12. The van der Waals surface area contributed by atoms with Crippen molar-refractivity contribution < 1.29 is 39.0 Å². The summed E-state index contributed by atoms with van der Waals surface area (Å²) in [5.41, 5.74) is 5.13. The molecule has 0 saturated carbocycles. The van der Waals surface area contributed by atoms with Gasteiger partial charge < -0.3 is 36.8 Å². The summed E-state index contributed by atoms with van der Waals surface area (Å²) < 4.78 is 0. The molecule has 2 aliphatic rings. The summed E-state index contributed by atoms with van der Waals surface area (Å²) in [4.78, 5) is 73.0. The van der Waals surface area contributed by atoms with Crippen molar-refractivity contribution in [2.24, 2.45) is 5.73 Å². The lowest BCUT2D eigenvalue weighted by atomic mass is 10.1. The van der Waals surface area contributed by atoms with Crippen LogP contribution in [0.1, 0.15) is 44.9 Å². The van der Waals surface area contributed by atoms with Crippen molar-refractivity contribution in [3.8, 4) is 0 Å². The Labute approximate surface area is 184 Å². The standard InChI is InChI=1S/C19H29N5O8/c20-14(25)6-5-10(16(28)23-12(19(31)32)9-15(26)27)22-17(29)13-4-2-8-24(13)18(30)11-3-1-7-21-11/h10-13,21H,1-9H2,(H2,20,25)(H,22,29)(H,23,28)(H,26,27)(H,31,32). The molecule has 0 spiro atoms. The predicted octanol–water partition coefficient (Wildman–Crippen LogP) is -2.48. The van der Waals surface area contributed by atoms with Crippen LogP contribution in [0, 0.1) is 0 Å². The van der Waals surface area contributed by atoms with Crippen molar-refractivity contribution in [1.29, 1.82) is 0 Å². The number of nitrogens with one attached hydrogen (secondary N) is 3. The molecule has 2 rings (SSSR count). The van der Waals surface area contributed by atoms with Crippen LogP contribution in [0.25, 0.3) is 0 Å². The van der Waals surface area contributed by atoms with Crippen LogP contribution in [0.15, 0.2) is 0 Å². The second-order valence-corrected chi connectivity index (χ2v) is 7.90. The lowest BCUT2D eigenvalue weighted by Gasteiger charge is -2.28. The van der Waals surface area contributed by atoms with E-state index in [9.17, 15) is 28.8 Å². The van der Waals surface area contributed by atoms with E-state index in [2.05, 4.69) is 16.0 Å². The van der Waals surface area contributed by atoms with E-state index < -0.39 is 54.2 Å². The van der Waals surface area contributed by atoms with Crippen molar-refractivity contribution >= 4 is 35.6 Å². The molecular weight excluding hydrogens is 426 g/mol. The molecule has 0 aromatic rings. The van der Waals surface area contributed by atoms with Gasteiger partial charge in [0.15, 0.2) is 0 Å². The normalized spacial score (nSPS) is 22.1. The van der Waals surface area contributed by atoms with Crippen molar-refractivity contribution in [2.45, 2.75) is 69.1 Å². The second kappa shape index (κ2) is 11.4. The number of nitrogens with zero attached hydrogens (tertiary/aromatic N) is 1. The van der Waals surface area contributed by atoms with Gasteiger partial charge >= 0.3 is 11.9 Å². The first-order chi connectivity index (χ1) is 15.1. The van der Waals surface area contributed by atoms with Gasteiger partial charge in [0, 0.05) is 13.0 Å². The van der Waals surface area contributed by atoms with Crippen molar-refractivity contribution in [2.75, 3.05) is 13.1 Å². The minimum atomic E-state index is -1.72. The van der Waals surface area contributed by atoms with Gasteiger partial charge in [0.05, 0.1) is 12.5 Å². The molecule has 0 radical (unpaired) electrons. The van der Waals surface area contributed by atoms with Crippen molar-refractivity contribution in [3.05, 3.63) is 0 Å². The first-order valence-electron chi connectivity index (χ1n) is 10.5. The van der Waals surface area contributed by atoms with Gasteiger partial charge in [-0.15, -0.1) is 0 Å². The van der Waals surface area contributed by atoms with E-state index in [0.717, 1.165) is 13.0 Å². The third-order valence-corrected chi connectivity index (χ3v) is 5.50. The van der Waals surface area contributed by atoms with Crippen LogP contribution >= 0.6 is 0 Å². The molecule has 4 amide bonds. The van der Waals surface area contributed by atoms with E-state index in [0.29, 0.717) is 25.8 Å². The molecule has 2 aliphatic heterocycles. The number of carbonyl (C=O) groups is 6. The molecule has 2 heterocycles. The van der Waals surface area contributed by atoms with E-state index in [1.165, 1.54) is 4.90 Å². The van der Waals surface area contributed by atoms with Gasteiger partial charge in [-0.3, -0.25) is 24.0 Å². The SMILES string of the molecule is NC(=O)CCC(NC(=O)C1CCCN1C(=O)C1CCCN1)C(=O)NC(CC(=O)O)C(=O)O. The fourth-order valence-corrected chi connectivity index (χ4v) is 3.87. The Balaban J connectivity index is 2.08. The summed E-state index contributed by atoms with van der Waals surface area (Å²) in [6.07, 6.45) is 1.19. The molecule has 2 saturated heterocycles. The smallest absolute Gasteiger partial charge is 0.326 e. The zero-order chi connectivity index (χ0) is 23.8. The average molecular weight is 455 g/mol. The number of amides is 4. The third-order valence-electron chi connectivity index (χ3n) is 5.50. The highest BCUT2D eigenvalue weighted by Gasteiger charge is 2.39. The number of nitrogens with two attached hydrogens (primary N) is 1. The maximum absolute atomic E-state index is 12.9. The fourth-order valence-electron chi connectivity index (χ4n) is 3.87. The van der Waals surface area contributed by atoms with E-state index >= 15 is 0 Å². The molecule has 0 aromatic carbocycles. The number of carbonyl (C=O) groups excluding carboxylic acids is 4. The lowest BCUT2D eigenvalue weighted by molar-refractivity contribution is -0.147. The van der Waals surface area contributed by atoms with Crippen LogP contribution in [-0.2, 0) is 28.8 Å². The lowest BCUT2D eigenvalue weighted by Crippen LogP contribution is -2.56. The molecule has 13 nitrogen and oxygen atoms in total. The minimum absolute atomic E-state index is 0.189. The van der Waals surface area contributed by atoms with Gasteiger partial charge in [-0.2, -0.15) is 0 Å². The number of rotatable bonds is 11. The van der Waals surface area contributed by atoms with Crippen molar-refractivity contribution in [1.82, 2.24) is 20.9 Å². The number of likely N-dealkylation sites (tertiary alicyclic amines) is 1. The van der Waals surface area contributed by atoms with Gasteiger partial charge in [0.1, 0.15) is 18.1 Å². The van der Waals surface area contributed by atoms with E-state index in [-0.39, 0.29) is 24.8 Å². The van der Waals surface area contributed by atoms with Gasteiger partial charge in [0.25, 0.3) is 0 Å². The van der Waals surface area contributed by atoms with E-state index in [1.54, 1.807) is 0 Å². The van der Waals surface area contributed by atoms with Crippen LogP contribution in [0.4, 0.5) is 0 Å². The largest absolute Gasteiger partial charge is 0.481 e. The summed E-state index contributed by atoms with van der Waals surface area (Å²) >= 11 is 0. The number of carboxylic acid groups (broad SMARTS) is 2. The average Bonchev–Trinajstić information content (AvgIpc) is 3.41. The quantitative estimate of drug-likeness (QED) is 0.195. The van der Waals surface area contributed by atoms with E-state index in [4.69, 9.17) is 15.9 Å².